The highest BCUT2D eigenvalue weighted by molar-refractivity contribution is 7.98. The molecule has 17 heavy (non-hydrogen) atoms. The van der Waals surface area contributed by atoms with Gasteiger partial charge in [-0.2, -0.15) is 11.8 Å². The van der Waals surface area contributed by atoms with Gasteiger partial charge in [-0.15, -0.1) is 11.3 Å². The van der Waals surface area contributed by atoms with Crippen LogP contribution in [-0.2, 0) is 4.79 Å². The zero-order chi connectivity index (χ0) is 13.0. The Kier molecular flexibility index (Phi) is 5.23. The number of thiazole rings is 1. The Hall–Kier alpha value is -0.790. The Morgan fingerprint density at radius 3 is 2.94 bits per heavy atom. The molecular weight excluding hydrogens is 258 g/mol. The van der Waals surface area contributed by atoms with Crippen LogP contribution in [0.5, 0.6) is 0 Å². The zero-order valence-corrected chi connectivity index (χ0v) is 11.7. The van der Waals surface area contributed by atoms with Crippen molar-refractivity contribution in [2.45, 2.75) is 19.0 Å². The van der Waals surface area contributed by atoms with E-state index in [-0.39, 0.29) is 0 Å². The lowest BCUT2D eigenvalue weighted by Gasteiger charge is -2.23. The summed E-state index contributed by atoms with van der Waals surface area (Å²) >= 11 is 3.19. The first-order chi connectivity index (χ1) is 7.97. The zero-order valence-electron chi connectivity index (χ0n) is 10.1. The van der Waals surface area contributed by atoms with E-state index in [1.807, 2.05) is 11.9 Å². The largest absolute Gasteiger partial charge is 0.480 e. The number of nitrogens with zero attached hydrogens (tertiary/aromatic N) is 2. The fourth-order valence-electron chi connectivity index (χ4n) is 1.25. The molecule has 3 N–H and O–H groups in total. The van der Waals surface area contributed by atoms with Gasteiger partial charge < -0.3 is 15.7 Å². The summed E-state index contributed by atoms with van der Waals surface area (Å²) in [4.78, 5) is 17.0. The van der Waals surface area contributed by atoms with Crippen LogP contribution in [0.4, 0.5) is 5.13 Å². The molecule has 0 saturated carbocycles. The van der Waals surface area contributed by atoms with Crippen LogP contribution in [-0.4, -0.2) is 41.2 Å². The monoisotopic (exact) mass is 275 g/mol. The van der Waals surface area contributed by atoms with Crippen LogP contribution < -0.4 is 10.6 Å². The van der Waals surface area contributed by atoms with Crippen molar-refractivity contribution >= 4 is 34.2 Å². The molecule has 0 amide bonds. The van der Waals surface area contributed by atoms with Crippen molar-refractivity contribution < 1.29 is 9.90 Å². The second kappa shape index (κ2) is 6.23. The third kappa shape index (κ3) is 3.58. The molecule has 5 nitrogen and oxygen atoms in total. The molecular formula is C10H17N3O2S2. The molecule has 7 heteroatoms. The fraction of sp³-hybridized carbons (Fsp3) is 0.600. The van der Waals surface area contributed by atoms with E-state index in [0.717, 1.165) is 10.9 Å². The maximum Gasteiger partial charge on any atom is 0.326 e. The normalized spacial score (nSPS) is 14.4. The molecule has 0 saturated heterocycles. The Bertz CT molecular complexity index is 383. The molecule has 1 aromatic heterocycles. The van der Waals surface area contributed by atoms with Gasteiger partial charge in [0.25, 0.3) is 0 Å². The molecule has 1 aromatic rings. The van der Waals surface area contributed by atoms with E-state index < -0.39 is 12.0 Å². The quantitative estimate of drug-likeness (QED) is 0.817. The van der Waals surface area contributed by atoms with E-state index in [9.17, 15) is 4.79 Å². The minimum Gasteiger partial charge on any atom is -0.480 e. The number of carboxylic acids is 1. The van der Waals surface area contributed by atoms with Crippen LogP contribution in [0.3, 0.4) is 0 Å². The van der Waals surface area contributed by atoms with Crippen molar-refractivity contribution in [3.8, 4) is 0 Å². The molecule has 0 radical (unpaired) electrons. The number of carbonyl (C=O) groups is 1. The van der Waals surface area contributed by atoms with Gasteiger partial charge >= 0.3 is 5.97 Å². The maximum atomic E-state index is 10.7. The van der Waals surface area contributed by atoms with E-state index in [2.05, 4.69) is 18.2 Å². The Labute approximate surface area is 109 Å². The highest BCUT2D eigenvalue weighted by Gasteiger charge is 2.20. The topological polar surface area (TPSA) is 79.5 Å². The lowest BCUT2D eigenvalue weighted by molar-refractivity contribution is -0.138. The third-order valence-corrected chi connectivity index (χ3v) is 4.23. The van der Waals surface area contributed by atoms with E-state index in [0.29, 0.717) is 11.7 Å². The van der Waals surface area contributed by atoms with Gasteiger partial charge in [-0.25, -0.2) is 4.98 Å². The molecule has 0 spiro atoms. The van der Waals surface area contributed by atoms with Crippen LogP contribution in [0.1, 0.15) is 18.7 Å². The average Bonchev–Trinajstić information content (AvgIpc) is 2.76. The summed E-state index contributed by atoms with van der Waals surface area (Å²) in [5.74, 6) is -0.0576. The van der Waals surface area contributed by atoms with E-state index in [1.54, 1.807) is 17.1 Å². The minimum absolute atomic E-state index is 0.352. The van der Waals surface area contributed by atoms with Crippen LogP contribution in [0, 0.1) is 0 Å². The molecule has 2 unspecified atom stereocenters. The Morgan fingerprint density at radius 2 is 2.41 bits per heavy atom. The molecule has 0 bridgehead atoms. The molecule has 0 aliphatic rings. The van der Waals surface area contributed by atoms with Gasteiger partial charge in [-0.05, 0) is 13.2 Å². The molecule has 0 aliphatic carbocycles. The van der Waals surface area contributed by atoms with E-state index in [4.69, 9.17) is 10.8 Å². The highest BCUT2D eigenvalue weighted by Crippen LogP contribution is 2.24. The summed E-state index contributed by atoms with van der Waals surface area (Å²) in [6, 6.07) is -0.686. The number of rotatable bonds is 6. The molecule has 0 aromatic carbocycles. The van der Waals surface area contributed by atoms with Crippen LogP contribution in [0.15, 0.2) is 5.38 Å². The Balaban J connectivity index is 2.77. The minimum atomic E-state index is -1.05. The van der Waals surface area contributed by atoms with Gasteiger partial charge in [0.2, 0.25) is 0 Å². The highest BCUT2D eigenvalue weighted by atomic mass is 32.2. The van der Waals surface area contributed by atoms with E-state index in [1.165, 1.54) is 11.3 Å². The maximum absolute atomic E-state index is 10.7. The number of carboxylic acid groups (broad SMARTS) is 1. The first-order valence-electron chi connectivity index (χ1n) is 5.13. The molecule has 2 atom stereocenters. The molecule has 96 valence electrons. The van der Waals surface area contributed by atoms with Crippen LogP contribution >= 0.6 is 23.1 Å². The summed E-state index contributed by atoms with van der Waals surface area (Å²) in [6.45, 7) is 2.11. The van der Waals surface area contributed by atoms with E-state index >= 15 is 0 Å². The van der Waals surface area contributed by atoms with Gasteiger partial charge in [-0.3, -0.25) is 4.79 Å². The van der Waals surface area contributed by atoms with Crippen molar-refractivity contribution in [1.29, 1.82) is 0 Å². The van der Waals surface area contributed by atoms with Gasteiger partial charge in [0.05, 0.1) is 5.69 Å². The predicted octanol–water partition coefficient (Wildman–Crippen LogP) is 1.42. The summed E-state index contributed by atoms with van der Waals surface area (Å²) in [7, 11) is 1.95. The molecule has 1 heterocycles. The molecule has 1 rings (SSSR count). The second-order valence-corrected chi connectivity index (χ2v) is 5.53. The van der Waals surface area contributed by atoms with Crippen LogP contribution in [0.25, 0.3) is 0 Å². The average molecular weight is 275 g/mol. The SMILES string of the molecule is CSCC(C)N(C)c1nc(C(N)C(=O)O)cs1. The number of nitrogens with two attached hydrogens (primary N) is 1. The lowest BCUT2D eigenvalue weighted by atomic mass is 10.2. The summed E-state index contributed by atoms with van der Waals surface area (Å²) < 4.78 is 0. The van der Waals surface area contributed by atoms with Crippen molar-refractivity contribution in [2.24, 2.45) is 5.73 Å². The second-order valence-electron chi connectivity index (χ2n) is 3.79. The van der Waals surface area contributed by atoms with Crippen molar-refractivity contribution in [2.75, 3.05) is 24.0 Å². The Morgan fingerprint density at radius 1 is 1.76 bits per heavy atom. The van der Waals surface area contributed by atoms with Gasteiger partial charge in [0.15, 0.2) is 5.13 Å². The van der Waals surface area contributed by atoms with Gasteiger partial charge in [0, 0.05) is 24.2 Å². The third-order valence-electron chi connectivity index (χ3n) is 2.47. The summed E-state index contributed by atoms with van der Waals surface area (Å²) in [5, 5.41) is 11.3. The number of anilines is 1. The lowest BCUT2D eigenvalue weighted by Crippen LogP contribution is -2.31. The summed E-state index contributed by atoms with van der Waals surface area (Å²) in [6.07, 6.45) is 2.05. The predicted molar refractivity (Wildman–Crippen MR) is 72.9 cm³/mol. The first-order valence-corrected chi connectivity index (χ1v) is 7.40. The summed E-state index contributed by atoms with van der Waals surface area (Å²) in [5.41, 5.74) is 5.93. The van der Waals surface area contributed by atoms with Crippen molar-refractivity contribution in [3.63, 3.8) is 0 Å². The molecule has 0 fully saturated rings. The fourth-order valence-corrected chi connectivity index (χ4v) is 2.88. The smallest absolute Gasteiger partial charge is 0.326 e. The van der Waals surface area contributed by atoms with Crippen molar-refractivity contribution in [3.05, 3.63) is 11.1 Å². The molecule has 0 aliphatic heterocycles. The van der Waals surface area contributed by atoms with Crippen molar-refractivity contribution in [1.82, 2.24) is 4.98 Å². The number of hydrogen-bond donors (Lipinski definition) is 2. The standard InChI is InChI=1S/C10H17N3O2S2/c1-6(4-16-3)13(2)10-12-7(5-17-10)8(11)9(14)15/h5-6,8H,4,11H2,1-3H3,(H,14,15). The number of aromatic nitrogens is 1. The first kappa shape index (κ1) is 14.3. The van der Waals surface area contributed by atoms with Gasteiger partial charge in [-0.1, -0.05) is 0 Å². The van der Waals surface area contributed by atoms with Gasteiger partial charge in [0.1, 0.15) is 6.04 Å². The number of thioether (sulfide) groups is 1. The number of aliphatic carboxylic acids is 1. The van der Waals surface area contributed by atoms with Crippen LogP contribution in [0.2, 0.25) is 0 Å². The number of hydrogen-bond acceptors (Lipinski definition) is 6.